The largest absolute Gasteiger partial charge is 0.505 e. The fraction of sp³-hybridized carbons (Fsp3) is 0.143. The van der Waals surface area contributed by atoms with Gasteiger partial charge in [-0.1, -0.05) is 12.1 Å². The van der Waals surface area contributed by atoms with Gasteiger partial charge in [-0.2, -0.15) is 0 Å². The fourth-order valence-electron chi connectivity index (χ4n) is 1.72. The molecule has 2 rings (SSSR count). The molecule has 19 heavy (non-hydrogen) atoms. The van der Waals surface area contributed by atoms with Gasteiger partial charge in [0.2, 0.25) is 0 Å². The number of pyridine rings is 1. The molecule has 5 heteroatoms. The average molecular weight is 257 g/mol. The molecule has 0 aliphatic heterocycles. The first-order valence-electron chi connectivity index (χ1n) is 5.83. The van der Waals surface area contributed by atoms with Gasteiger partial charge in [0.05, 0.1) is 11.8 Å². The maximum absolute atomic E-state index is 12.2. The van der Waals surface area contributed by atoms with E-state index in [9.17, 15) is 9.90 Å². The Kier molecular flexibility index (Phi) is 3.77. The van der Waals surface area contributed by atoms with Crippen molar-refractivity contribution in [1.82, 2.24) is 4.98 Å². The molecule has 3 N–H and O–H groups in total. The van der Waals surface area contributed by atoms with Crippen LogP contribution in [0.4, 0.5) is 5.69 Å². The van der Waals surface area contributed by atoms with Gasteiger partial charge in [-0.3, -0.25) is 9.78 Å². The summed E-state index contributed by atoms with van der Waals surface area (Å²) in [6.07, 6.45) is 2.72. The summed E-state index contributed by atoms with van der Waals surface area (Å²) in [5, 5.41) is 9.63. The van der Waals surface area contributed by atoms with E-state index in [4.69, 9.17) is 5.73 Å². The van der Waals surface area contributed by atoms with E-state index in [1.807, 2.05) is 24.3 Å². The first-order chi connectivity index (χ1) is 9.13. The van der Waals surface area contributed by atoms with Crippen molar-refractivity contribution in [3.05, 3.63) is 53.9 Å². The third kappa shape index (κ3) is 2.71. The van der Waals surface area contributed by atoms with Gasteiger partial charge in [0.1, 0.15) is 5.75 Å². The van der Waals surface area contributed by atoms with Crippen LogP contribution < -0.4 is 10.6 Å². The second-order valence-electron chi connectivity index (χ2n) is 4.13. The molecule has 0 saturated heterocycles. The number of aromatic hydroxyl groups is 1. The van der Waals surface area contributed by atoms with Gasteiger partial charge in [-0.15, -0.1) is 0 Å². The highest BCUT2D eigenvalue weighted by Crippen LogP contribution is 2.20. The van der Waals surface area contributed by atoms with Crippen molar-refractivity contribution in [2.45, 2.75) is 6.54 Å². The number of anilines is 1. The summed E-state index contributed by atoms with van der Waals surface area (Å²) < 4.78 is 0. The fourth-order valence-corrected chi connectivity index (χ4v) is 1.72. The van der Waals surface area contributed by atoms with E-state index in [1.165, 1.54) is 23.4 Å². The molecular weight excluding hydrogens is 242 g/mol. The number of hydrogen-bond acceptors (Lipinski definition) is 4. The van der Waals surface area contributed by atoms with Gasteiger partial charge in [0, 0.05) is 25.5 Å². The molecule has 1 aromatic carbocycles. The van der Waals surface area contributed by atoms with Crippen LogP contribution in [0.2, 0.25) is 0 Å². The van der Waals surface area contributed by atoms with Crippen LogP contribution in [0.1, 0.15) is 15.9 Å². The van der Waals surface area contributed by atoms with Crippen molar-refractivity contribution in [2.75, 3.05) is 11.9 Å². The van der Waals surface area contributed by atoms with Crippen molar-refractivity contribution in [3.63, 3.8) is 0 Å². The van der Waals surface area contributed by atoms with Crippen molar-refractivity contribution < 1.29 is 9.90 Å². The van der Waals surface area contributed by atoms with Crippen molar-refractivity contribution >= 4 is 11.6 Å². The molecular formula is C14H15N3O2. The number of carbonyl (C=O) groups is 1. The first kappa shape index (κ1) is 13.0. The lowest BCUT2D eigenvalue weighted by Crippen LogP contribution is -2.26. The summed E-state index contributed by atoms with van der Waals surface area (Å²) in [7, 11) is 1.65. The summed E-state index contributed by atoms with van der Waals surface area (Å²) in [5.74, 6) is -0.418. The van der Waals surface area contributed by atoms with Crippen molar-refractivity contribution in [2.24, 2.45) is 5.73 Å². The van der Waals surface area contributed by atoms with Crippen LogP contribution in [0.5, 0.6) is 5.75 Å². The molecule has 0 unspecified atom stereocenters. The standard InChI is InChI=1S/C14H15N3O2/c1-17(11-4-2-10(8-15)3-5-11)14(19)12-6-7-16-9-13(12)18/h2-7,9,18H,8,15H2,1H3. The molecule has 0 aliphatic rings. The lowest BCUT2D eigenvalue weighted by atomic mass is 10.1. The summed E-state index contributed by atoms with van der Waals surface area (Å²) in [6.45, 7) is 0.461. The third-order valence-corrected chi connectivity index (χ3v) is 2.89. The Hall–Kier alpha value is -2.40. The van der Waals surface area contributed by atoms with E-state index in [2.05, 4.69) is 4.98 Å². The monoisotopic (exact) mass is 257 g/mol. The number of hydrogen-bond donors (Lipinski definition) is 2. The molecule has 0 fully saturated rings. The first-order valence-corrected chi connectivity index (χ1v) is 5.83. The Morgan fingerprint density at radius 3 is 2.58 bits per heavy atom. The van der Waals surface area contributed by atoms with E-state index in [1.54, 1.807) is 7.05 Å². The van der Waals surface area contributed by atoms with Gasteiger partial charge >= 0.3 is 0 Å². The van der Waals surface area contributed by atoms with Crippen molar-refractivity contribution in [1.29, 1.82) is 0 Å². The molecule has 0 atom stereocenters. The van der Waals surface area contributed by atoms with Crippen LogP contribution >= 0.6 is 0 Å². The Bertz CT molecular complexity index is 581. The zero-order valence-electron chi connectivity index (χ0n) is 10.6. The molecule has 2 aromatic rings. The number of benzene rings is 1. The predicted molar refractivity (Wildman–Crippen MR) is 73.0 cm³/mol. The minimum atomic E-state index is -0.291. The minimum Gasteiger partial charge on any atom is -0.505 e. The van der Waals surface area contributed by atoms with Gasteiger partial charge in [-0.05, 0) is 23.8 Å². The second-order valence-corrected chi connectivity index (χ2v) is 4.13. The molecule has 1 amide bonds. The highest BCUT2D eigenvalue weighted by molar-refractivity contribution is 6.07. The minimum absolute atomic E-state index is 0.127. The SMILES string of the molecule is CN(C(=O)c1ccncc1O)c1ccc(CN)cc1. The summed E-state index contributed by atoms with van der Waals surface area (Å²) in [5.41, 5.74) is 7.48. The zero-order chi connectivity index (χ0) is 13.8. The van der Waals surface area contributed by atoms with Gasteiger partial charge in [0.25, 0.3) is 5.91 Å². The maximum atomic E-state index is 12.2. The van der Waals surface area contributed by atoms with Crippen LogP contribution in [0.25, 0.3) is 0 Å². The molecule has 98 valence electrons. The lowest BCUT2D eigenvalue weighted by Gasteiger charge is -2.18. The van der Waals surface area contributed by atoms with Crippen LogP contribution in [-0.2, 0) is 6.54 Å². The van der Waals surface area contributed by atoms with Crippen LogP contribution in [0, 0.1) is 0 Å². The lowest BCUT2D eigenvalue weighted by molar-refractivity contribution is 0.0990. The molecule has 0 radical (unpaired) electrons. The summed E-state index contributed by atoms with van der Waals surface area (Å²) in [6, 6.07) is 8.86. The molecule has 1 heterocycles. The highest BCUT2D eigenvalue weighted by atomic mass is 16.3. The molecule has 1 aromatic heterocycles. The quantitative estimate of drug-likeness (QED) is 0.873. The second kappa shape index (κ2) is 5.49. The number of amides is 1. The number of nitrogens with zero attached hydrogens (tertiary/aromatic N) is 2. The highest BCUT2D eigenvalue weighted by Gasteiger charge is 2.16. The average Bonchev–Trinajstić information content (AvgIpc) is 2.46. The van der Waals surface area contributed by atoms with Crippen LogP contribution in [-0.4, -0.2) is 23.0 Å². The Morgan fingerprint density at radius 2 is 2.00 bits per heavy atom. The number of carbonyl (C=O) groups excluding carboxylic acids is 1. The van der Waals surface area contributed by atoms with E-state index in [0.29, 0.717) is 6.54 Å². The molecule has 0 aliphatic carbocycles. The number of nitrogens with two attached hydrogens (primary N) is 1. The van der Waals surface area contributed by atoms with Crippen LogP contribution in [0.15, 0.2) is 42.7 Å². The predicted octanol–water partition coefficient (Wildman–Crippen LogP) is 1.52. The Labute approximate surface area is 111 Å². The van der Waals surface area contributed by atoms with Crippen LogP contribution in [0.3, 0.4) is 0 Å². The zero-order valence-corrected chi connectivity index (χ0v) is 10.6. The molecule has 0 bridgehead atoms. The van der Waals surface area contributed by atoms with Gasteiger partial charge < -0.3 is 15.7 Å². The normalized spacial score (nSPS) is 10.2. The van der Waals surface area contributed by atoms with Crippen molar-refractivity contribution in [3.8, 4) is 5.75 Å². The summed E-state index contributed by atoms with van der Waals surface area (Å²) >= 11 is 0. The maximum Gasteiger partial charge on any atom is 0.261 e. The Balaban J connectivity index is 2.26. The molecule has 5 nitrogen and oxygen atoms in total. The topological polar surface area (TPSA) is 79.5 Å². The van der Waals surface area contributed by atoms with E-state index < -0.39 is 0 Å². The molecule has 0 spiro atoms. The van der Waals surface area contributed by atoms with E-state index >= 15 is 0 Å². The summed E-state index contributed by atoms with van der Waals surface area (Å²) in [4.78, 5) is 17.4. The smallest absolute Gasteiger partial charge is 0.261 e. The number of aromatic nitrogens is 1. The molecule has 0 saturated carbocycles. The van der Waals surface area contributed by atoms with Gasteiger partial charge in [-0.25, -0.2) is 0 Å². The number of rotatable bonds is 3. The third-order valence-electron chi connectivity index (χ3n) is 2.89. The Morgan fingerprint density at radius 1 is 1.32 bits per heavy atom. The van der Waals surface area contributed by atoms with Gasteiger partial charge in [0.15, 0.2) is 0 Å². The van der Waals surface area contributed by atoms with E-state index in [0.717, 1.165) is 11.3 Å². The van der Waals surface area contributed by atoms with E-state index in [-0.39, 0.29) is 17.2 Å².